The molecule has 1 unspecified atom stereocenters. The van der Waals surface area contributed by atoms with Gasteiger partial charge < -0.3 is 15.2 Å². The SMILES string of the molecule is C=CC(=O)OC(CCC)OC(N)=O. The summed E-state index contributed by atoms with van der Waals surface area (Å²) in [5.41, 5.74) is 4.76. The van der Waals surface area contributed by atoms with Gasteiger partial charge in [-0.05, 0) is 6.42 Å². The maximum atomic E-state index is 10.7. The lowest BCUT2D eigenvalue weighted by atomic mass is 10.3. The number of ether oxygens (including phenoxy) is 2. The van der Waals surface area contributed by atoms with Crippen LogP contribution in [0.3, 0.4) is 0 Å². The van der Waals surface area contributed by atoms with Gasteiger partial charge in [0.05, 0.1) is 0 Å². The van der Waals surface area contributed by atoms with Crippen molar-refractivity contribution < 1.29 is 19.1 Å². The van der Waals surface area contributed by atoms with E-state index in [1.807, 2.05) is 6.92 Å². The number of nitrogens with two attached hydrogens (primary N) is 1. The maximum Gasteiger partial charge on any atom is 0.407 e. The summed E-state index contributed by atoms with van der Waals surface area (Å²) in [5.74, 6) is -0.639. The first-order valence-electron chi connectivity index (χ1n) is 3.89. The number of hydrogen-bond donors (Lipinski definition) is 1. The van der Waals surface area contributed by atoms with E-state index < -0.39 is 18.4 Å². The zero-order chi connectivity index (χ0) is 10.3. The van der Waals surface area contributed by atoms with Gasteiger partial charge in [0, 0.05) is 12.5 Å². The third-order valence-electron chi connectivity index (χ3n) is 1.19. The van der Waals surface area contributed by atoms with E-state index in [9.17, 15) is 9.59 Å². The van der Waals surface area contributed by atoms with Crippen molar-refractivity contribution in [2.75, 3.05) is 0 Å². The first-order valence-corrected chi connectivity index (χ1v) is 3.89. The maximum absolute atomic E-state index is 10.7. The number of primary amides is 1. The van der Waals surface area contributed by atoms with Gasteiger partial charge in [0.2, 0.25) is 6.29 Å². The Hall–Kier alpha value is -1.52. The van der Waals surface area contributed by atoms with Crippen molar-refractivity contribution in [3.05, 3.63) is 12.7 Å². The van der Waals surface area contributed by atoms with Crippen LogP contribution in [0.15, 0.2) is 12.7 Å². The Bertz CT molecular complexity index is 202. The van der Waals surface area contributed by atoms with Crippen LogP contribution in [-0.4, -0.2) is 18.4 Å². The van der Waals surface area contributed by atoms with Crippen molar-refractivity contribution in [1.82, 2.24) is 0 Å². The van der Waals surface area contributed by atoms with E-state index in [4.69, 9.17) is 5.73 Å². The molecule has 0 aromatic rings. The fourth-order valence-corrected chi connectivity index (χ4v) is 0.685. The summed E-state index contributed by atoms with van der Waals surface area (Å²) in [7, 11) is 0. The predicted octanol–water partition coefficient (Wildman–Crippen LogP) is 0.937. The Labute approximate surface area is 76.5 Å². The molecule has 0 heterocycles. The molecule has 5 nitrogen and oxygen atoms in total. The molecule has 0 fully saturated rings. The van der Waals surface area contributed by atoms with Crippen molar-refractivity contribution in [2.24, 2.45) is 5.73 Å². The zero-order valence-electron chi connectivity index (χ0n) is 7.49. The monoisotopic (exact) mass is 187 g/mol. The lowest BCUT2D eigenvalue weighted by molar-refractivity contribution is -0.162. The smallest absolute Gasteiger partial charge is 0.407 e. The molecule has 0 radical (unpaired) electrons. The molecule has 0 saturated heterocycles. The fraction of sp³-hybridized carbons (Fsp3) is 0.500. The van der Waals surface area contributed by atoms with Crippen LogP contribution in [0.2, 0.25) is 0 Å². The number of rotatable bonds is 5. The Morgan fingerprint density at radius 3 is 2.54 bits per heavy atom. The molecular weight excluding hydrogens is 174 g/mol. The summed E-state index contributed by atoms with van der Waals surface area (Å²) in [4.78, 5) is 21.0. The van der Waals surface area contributed by atoms with E-state index in [1.165, 1.54) is 0 Å². The van der Waals surface area contributed by atoms with Crippen molar-refractivity contribution in [3.63, 3.8) is 0 Å². The second-order valence-corrected chi connectivity index (χ2v) is 2.30. The van der Waals surface area contributed by atoms with Crippen molar-refractivity contribution in [2.45, 2.75) is 26.1 Å². The van der Waals surface area contributed by atoms with Gasteiger partial charge in [-0.25, -0.2) is 9.59 Å². The molecule has 74 valence electrons. The molecule has 1 amide bonds. The third-order valence-corrected chi connectivity index (χ3v) is 1.19. The minimum atomic E-state index is -0.963. The van der Waals surface area contributed by atoms with Crippen LogP contribution in [0.5, 0.6) is 0 Å². The second kappa shape index (κ2) is 6.05. The number of carbonyl (C=O) groups excluding carboxylic acids is 2. The standard InChI is InChI=1S/C8H13NO4/c1-3-5-7(13-8(9)11)12-6(10)4-2/h4,7H,2-3,5H2,1H3,(H2,9,11). The van der Waals surface area contributed by atoms with Gasteiger partial charge >= 0.3 is 12.1 Å². The minimum absolute atomic E-state index is 0.419. The average Bonchev–Trinajstić information content (AvgIpc) is 2.03. The highest BCUT2D eigenvalue weighted by Crippen LogP contribution is 2.04. The van der Waals surface area contributed by atoms with E-state index in [-0.39, 0.29) is 0 Å². The van der Waals surface area contributed by atoms with Gasteiger partial charge in [0.25, 0.3) is 0 Å². The molecule has 13 heavy (non-hydrogen) atoms. The van der Waals surface area contributed by atoms with Gasteiger partial charge in [-0.2, -0.15) is 0 Å². The normalized spacial score (nSPS) is 11.5. The van der Waals surface area contributed by atoms with Gasteiger partial charge in [0.15, 0.2) is 0 Å². The summed E-state index contributed by atoms with van der Waals surface area (Å²) in [5, 5.41) is 0. The molecule has 5 heteroatoms. The van der Waals surface area contributed by atoms with E-state index in [2.05, 4.69) is 16.1 Å². The zero-order valence-corrected chi connectivity index (χ0v) is 7.49. The molecule has 0 aromatic heterocycles. The van der Waals surface area contributed by atoms with Gasteiger partial charge in [-0.3, -0.25) is 0 Å². The molecule has 0 saturated carbocycles. The molecule has 1 atom stereocenters. The Kier molecular flexibility index (Phi) is 5.34. The Balaban J connectivity index is 4.00. The quantitative estimate of drug-likeness (QED) is 0.394. The Morgan fingerprint density at radius 1 is 1.54 bits per heavy atom. The van der Waals surface area contributed by atoms with Crippen molar-refractivity contribution >= 4 is 12.1 Å². The van der Waals surface area contributed by atoms with Crippen molar-refractivity contribution in [1.29, 1.82) is 0 Å². The average molecular weight is 187 g/mol. The van der Waals surface area contributed by atoms with Crippen LogP contribution in [-0.2, 0) is 14.3 Å². The largest absolute Gasteiger partial charge is 0.422 e. The van der Waals surface area contributed by atoms with Crippen LogP contribution in [0, 0.1) is 0 Å². The van der Waals surface area contributed by atoms with Crippen LogP contribution >= 0.6 is 0 Å². The summed E-state index contributed by atoms with van der Waals surface area (Å²) < 4.78 is 9.18. The Morgan fingerprint density at radius 2 is 2.15 bits per heavy atom. The number of carbonyl (C=O) groups is 2. The van der Waals surface area contributed by atoms with Crippen LogP contribution < -0.4 is 5.73 Å². The number of amides is 1. The van der Waals surface area contributed by atoms with Crippen molar-refractivity contribution in [3.8, 4) is 0 Å². The third kappa shape index (κ3) is 5.72. The lowest BCUT2D eigenvalue weighted by Crippen LogP contribution is -2.26. The second-order valence-electron chi connectivity index (χ2n) is 2.30. The highest BCUT2D eigenvalue weighted by molar-refractivity contribution is 5.81. The highest BCUT2D eigenvalue weighted by atomic mass is 16.7. The lowest BCUT2D eigenvalue weighted by Gasteiger charge is -2.14. The van der Waals surface area contributed by atoms with Crippen LogP contribution in [0.1, 0.15) is 19.8 Å². The van der Waals surface area contributed by atoms with Gasteiger partial charge in [0.1, 0.15) is 0 Å². The molecule has 0 aliphatic heterocycles. The summed E-state index contributed by atoms with van der Waals surface area (Å²) >= 11 is 0. The fourth-order valence-electron chi connectivity index (χ4n) is 0.685. The predicted molar refractivity (Wildman–Crippen MR) is 45.7 cm³/mol. The summed E-state index contributed by atoms with van der Waals surface area (Å²) in [6.07, 6.45) is 0.251. The first-order chi connectivity index (χ1) is 6.10. The molecule has 0 aliphatic carbocycles. The van der Waals surface area contributed by atoms with E-state index in [0.717, 1.165) is 6.08 Å². The molecule has 0 bridgehead atoms. The molecule has 0 aliphatic rings. The summed E-state index contributed by atoms with van der Waals surface area (Å²) in [6, 6.07) is 0. The molecular formula is C8H13NO4. The first kappa shape index (κ1) is 11.5. The van der Waals surface area contributed by atoms with Gasteiger partial charge in [-0.1, -0.05) is 13.5 Å². The van der Waals surface area contributed by atoms with E-state index >= 15 is 0 Å². The number of esters is 1. The van der Waals surface area contributed by atoms with Crippen LogP contribution in [0.25, 0.3) is 0 Å². The number of hydrogen-bond acceptors (Lipinski definition) is 4. The van der Waals surface area contributed by atoms with E-state index in [1.54, 1.807) is 0 Å². The van der Waals surface area contributed by atoms with E-state index in [0.29, 0.717) is 12.8 Å². The topological polar surface area (TPSA) is 78.6 Å². The molecule has 2 N–H and O–H groups in total. The molecule has 0 rings (SSSR count). The van der Waals surface area contributed by atoms with Gasteiger partial charge in [-0.15, -0.1) is 0 Å². The minimum Gasteiger partial charge on any atom is -0.422 e. The summed E-state index contributed by atoms with van der Waals surface area (Å²) in [6.45, 7) is 5.07. The molecule has 0 aromatic carbocycles. The van der Waals surface area contributed by atoms with Crippen LogP contribution in [0.4, 0.5) is 4.79 Å². The highest BCUT2D eigenvalue weighted by Gasteiger charge is 2.14. The molecule has 0 spiro atoms.